The average molecular weight is 281 g/mol. The van der Waals surface area contributed by atoms with Gasteiger partial charge in [-0.2, -0.15) is 4.98 Å². The van der Waals surface area contributed by atoms with E-state index < -0.39 is 0 Å². The number of nitrogens with one attached hydrogen (secondary N) is 1. The second-order valence-corrected chi connectivity index (χ2v) is 4.54. The van der Waals surface area contributed by atoms with Crippen molar-refractivity contribution in [3.05, 3.63) is 54.3 Å². The molecule has 0 aliphatic heterocycles. The Morgan fingerprint density at radius 1 is 1.10 bits per heavy atom. The van der Waals surface area contributed by atoms with Gasteiger partial charge in [0.05, 0.1) is 0 Å². The van der Waals surface area contributed by atoms with Gasteiger partial charge >= 0.3 is 0 Å². The molecule has 106 valence electrons. The summed E-state index contributed by atoms with van der Waals surface area (Å²) in [4.78, 5) is 12.7. The van der Waals surface area contributed by atoms with Gasteiger partial charge in [0, 0.05) is 24.8 Å². The molecule has 0 spiro atoms. The minimum atomic E-state index is 0.496. The standard InChI is InChI=1S/C15H15N5O/c1-11-16-9-7-13(18-11)15-19-14(21-20-15)8-10-17-12-5-3-2-4-6-12/h2-7,9,17H,8,10H2,1H3. The molecule has 0 radical (unpaired) electrons. The van der Waals surface area contributed by atoms with Crippen LogP contribution in [0.3, 0.4) is 0 Å². The fourth-order valence-corrected chi connectivity index (χ4v) is 1.91. The minimum Gasteiger partial charge on any atom is -0.385 e. The summed E-state index contributed by atoms with van der Waals surface area (Å²) >= 11 is 0. The molecule has 0 saturated carbocycles. The van der Waals surface area contributed by atoms with Gasteiger partial charge in [0.2, 0.25) is 11.7 Å². The molecule has 0 aliphatic carbocycles. The van der Waals surface area contributed by atoms with Crippen LogP contribution in [0, 0.1) is 6.92 Å². The van der Waals surface area contributed by atoms with Crippen molar-refractivity contribution < 1.29 is 4.52 Å². The van der Waals surface area contributed by atoms with Crippen molar-refractivity contribution in [1.82, 2.24) is 20.1 Å². The third kappa shape index (κ3) is 3.42. The highest BCUT2D eigenvalue weighted by Crippen LogP contribution is 2.13. The highest BCUT2D eigenvalue weighted by atomic mass is 16.5. The maximum Gasteiger partial charge on any atom is 0.228 e. The van der Waals surface area contributed by atoms with Gasteiger partial charge in [-0.15, -0.1) is 0 Å². The minimum absolute atomic E-state index is 0.496. The van der Waals surface area contributed by atoms with Crippen LogP contribution in [0.1, 0.15) is 11.7 Å². The van der Waals surface area contributed by atoms with Crippen LogP contribution in [0.5, 0.6) is 0 Å². The van der Waals surface area contributed by atoms with Gasteiger partial charge in [-0.3, -0.25) is 0 Å². The number of hydrogen-bond donors (Lipinski definition) is 1. The number of anilines is 1. The van der Waals surface area contributed by atoms with E-state index in [4.69, 9.17) is 4.52 Å². The van der Waals surface area contributed by atoms with Crippen LogP contribution in [0.4, 0.5) is 5.69 Å². The first-order chi connectivity index (χ1) is 10.3. The predicted molar refractivity (Wildman–Crippen MR) is 78.7 cm³/mol. The third-order valence-electron chi connectivity index (χ3n) is 2.91. The molecule has 0 amide bonds. The van der Waals surface area contributed by atoms with E-state index in [9.17, 15) is 0 Å². The van der Waals surface area contributed by atoms with Crippen molar-refractivity contribution in [3.63, 3.8) is 0 Å². The quantitative estimate of drug-likeness (QED) is 0.774. The van der Waals surface area contributed by atoms with Crippen molar-refractivity contribution >= 4 is 5.69 Å². The first-order valence-corrected chi connectivity index (χ1v) is 6.73. The monoisotopic (exact) mass is 281 g/mol. The Bertz CT molecular complexity index is 711. The summed E-state index contributed by atoms with van der Waals surface area (Å²) in [5, 5.41) is 7.25. The SMILES string of the molecule is Cc1nccc(-c2noc(CCNc3ccccc3)n2)n1. The summed E-state index contributed by atoms with van der Waals surface area (Å²) in [6.45, 7) is 2.56. The third-order valence-corrected chi connectivity index (χ3v) is 2.91. The molecule has 2 aromatic heterocycles. The van der Waals surface area contributed by atoms with Gasteiger partial charge in [0.15, 0.2) is 0 Å². The molecule has 3 rings (SSSR count). The lowest BCUT2D eigenvalue weighted by Crippen LogP contribution is -2.04. The lowest BCUT2D eigenvalue weighted by atomic mass is 10.3. The number of nitrogens with zero attached hydrogens (tertiary/aromatic N) is 4. The van der Waals surface area contributed by atoms with E-state index >= 15 is 0 Å². The molecule has 1 aromatic carbocycles. The van der Waals surface area contributed by atoms with Gasteiger partial charge in [0.1, 0.15) is 11.5 Å². The molecule has 0 unspecified atom stereocenters. The lowest BCUT2D eigenvalue weighted by Gasteiger charge is -2.02. The second-order valence-electron chi connectivity index (χ2n) is 4.54. The molecule has 1 N–H and O–H groups in total. The fourth-order valence-electron chi connectivity index (χ4n) is 1.91. The van der Waals surface area contributed by atoms with Gasteiger partial charge < -0.3 is 9.84 Å². The largest absolute Gasteiger partial charge is 0.385 e. The summed E-state index contributed by atoms with van der Waals surface area (Å²) in [7, 11) is 0. The van der Waals surface area contributed by atoms with E-state index in [0.717, 1.165) is 12.2 Å². The Balaban J connectivity index is 1.60. The Labute approximate surface area is 122 Å². The predicted octanol–water partition coefficient (Wildman–Crippen LogP) is 2.49. The number of aryl methyl sites for hydroxylation is 1. The average Bonchev–Trinajstić information content (AvgIpc) is 2.97. The molecule has 0 aliphatic rings. The topological polar surface area (TPSA) is 76.7 Å². The van der Waals surface area contributed by atoms with Gasteiger partial charge in [-0.05, 0) is 25.1 Å². The van der Waals surface area contributed by atoms with E-state index in [1.165, 1.54) is 0 Å². The van der Waals surface area contributed by atoms with Crippen LogP contribution in [0.2, 0.25) is 0 Å². The van der Waals surface area contributed by atoms with Crippen LogP contribution < -0.4 is 5.32 Å². The molecule has 6 heteroatoms. The maximum absolute atomic E-state index is 5.24. The Morgan fingerprint density at radius 2 is 1.95 bits per heavy atom. The van der Waals surface area contributed by atoms with Crippen LogP contribution in [-0.2, 0) is 6.42 Å². The molecule has 0 saturated heterocycles. The van der Waals surface area contributed by atoms with Crippen LogP contribution in [-0.4, -0.2) is 26.7 Å². The number of benzene rings is 1. The summed E-state index contributed by atoms with van der Waals surface area (Å²) in [6, 6.07) is 11.8. The Hall–Kier alpha value is -2.76. The number of rotatable bonds is 5. The van der Waals surface area contributed by atoms with Crippen molar-refractivity contribution in [3.8, 4) is 11.5 Å². The van der Waals surface area contributed by atoms with Crippen LogP contribution >= 0.6 is 0 Å². The molecular weight excluding hydrogens is 266 g/mol. The molecule has 0 fully saturated rings. The lowest BCUT2D eigenvalue weighted by molar-refractivity contribution is 0.381. The first kappa shape index (κ1) is 13.2. The summed E-state index contributed by atoms with van der Waals surface area (Å²) in [5.74, 6) is 1.77. The zero-order chi connectivity index (χ0) is 14.5. The summed E-state index contributed by atoms with van der Waals surface area (Å²) in [5.41, 5.74) is 1.75. The number of para-hydroxylation sites is 1. The zero-order valence-corrected chi connectivity index (χ0v) is 11.7. The van der Waals surface area contributed by atoms with Gasteiger partial charge in [-0.25, -0.2) is 9.97 Å². The van der Waals surface area contributed by atoms with E-state index in [0.29, 0.717) is 29.7 Å². The number of aromatic nitrogens is 4. The molecule has 2 heterocycles. The summed E-state index contributed by atoms with van der Waals surface area (Å²) in [6.07, 6.45) is 2.34. The number of hydrogen-bond acceptors (Lipinski definition) is 6. The normalized spacial score (nSPS) is 10.5. The first-order valence-electron chi connectivity index (χ1n) is 6.73. The van der Waals surface area contributed by atoms with E-state index in [1.807, 2.05) is 37.3 Å². The van der Waals surface area contributed by atoms with Crippen LogP contribution in [0.15, 0.2) is 47.1 Å². The fraction of sp³-hybridized carbons (Fsp3) is 0.200. The molecular formula is C15H15N5O. The van der Waals surface area contributed by atoms with Crippen molar-refractivity contribution in [2.24, 2.45) is 0 Å². The Morgan fingerprint density at radius 3 is 2.76 bits per heavy atom. The zero-order valence-electron chi connectivity index (χ0n) is 11.7. The van der Waals surface area contributed by atoms with Crippen molar-refractivity contribution in [1.29, 1.82) is 0 Å². The highest BCUT2D eigenvalue weighted by Gasteiger charge is 2.09. The van der Waals surface area contributed by atoms with Gasteiger partial charge in [-0.1, -0.05) is 23.4 Å². The van der Waals surface area contributed by atoms with E-state index in [-0.39, 0.29) is 0 Å². The maximum atomic E-state index is 5.24. The Kier molecular flexibility index (Phi) is 3.86. The summed E-state index contributed by atoms with van der Waals surface area (Å²) < 4.78 is 5.24. The van der Waals surface area contributed by atoms with Gasteiger partial charge in [0.25, 0.3) is 0 Å². The van der Waals surface area contributed by atoms with E-state index in [1.54, 1.807) is 12.3 Å². The highest BCUT2D eigenvalue weighted by molar-refractivity contribution is 5.47. The molecule has 3 aromatic rings. The van der Waals surface area contributed by atoms with Crippen LogP contribution in [0.25, 0.3) is 11.5 Å². The molecule has 6 nitrogen and oxygen atoms in total. The second kappa shape index (κ2) is 6.13. The van der Waals surface area contributed by atoms with E-state index in [2.05, 4.69) is 25.4 Å². The molecule has 0 bridgehead atoms. The smallest absolute Gasteiger partial charge is 0.228 e. The van der Waals surface area contributed by atoms with Crippen molar-refractivity contribution in [2.45, 2.75) is 13.3 Å². The molecule has 0 atom stereocenters. The molecule has 21 heavy (non-hydrogen) atoms. The van der Waals surface area contributed by atoms with Crippen molar-refractivity contribution in [2.75, 3.05) is 11.9 Å².